The summed E-state index contributed by atoms with van der Waals surface area (Å²) in [6.07, 6.45) is 0. The first-order valence-electron chi connectivity index (χ1n) is 6.88. The third kappa shape index (κ3) is 3.38. The zero-order valence-corrected chi connectivity index (χ0v) is 13.5. The molecule has 6 nitrogen and oxygen atoms in total. The molecule has 2 aromatic rings. The van der Waals surface area contributed by atoms with Gasteiger partial charge >= 0.3 is 7.60 Å². The van der Waals surface area contributed by atoms with E-state index >= 15 is 0 Å². The fourth-order valence-electron chi connectivity index (χ4n) is 1.88. The average Bonchev–Trinajstić information content (AvgIpc) is 2.93. The van der Waals surface area contributed by atoms with Crippen LogP contribution in [0.25, 0.3) is 11.5 Å². The third-order valence-corrected chi connectivity index (χ3v) is 4.80. The van der Waals surface area contributed by atoms with Crippen LogP contribution in [0.1, 0.15) is 13.8 Å². The van der Waals surface area contributed by atoms with E-state index in [9.17, 15) is 8.96 Å². The Balaban J connectivity index is 2.48. The highest BCUT2D eigenvalue weighted by Crippen LogP contribution is 2.49. The molecule has 0 aliphatic heterocycles. The van der Waals surface area contributed by atoms with E-state index < -0.39 is 7.60 Å². The average molecular weight is 328 g/mol. The first-order valence-corrected chi connectivity index (χ1v) is 8.42. The van der Waals surface area contributed by atoms with Crippen molar-refractivity contribution in [1.82, 2.24) is 4.98 Å². The van der Waals surface area contributed by atoms with Gasteiger partial charge in [-0.2, -0.15) is 4.98 Å². The number of nitrogens with one attached hydrogen (secondary N) is 1. The number of nitrogens with zero attached hydrogens (tertiary/aromatic N) is 1. The summed E-state index contributed by atoms with van der Waals surface area (Å²) < 4.78 is 41.9. The van der Waals surface area contributed by atoms with Crippen LogP contribution in [0.5, 0.6) is 0 Å². The topological polar surface area (TPSA) is 73.6 Å². The number of hydrogen-bond donors (Lipinski definition) is 1. The summed E-state index contributed by atoms with van der Waals surface area (Å²) in [4.78, 5) is 4.23. The van der Waals surface area contributed by atoms with Crippen molar-refractivity contribution in [2.24, 2.45) is 0 Å². The highest BCUT2D eigenvalue weighted by Gasteiger charge is 2.35. The summed E-state index contributed by atoms with van der Waals surface area (Å²) in [7, 11) is -1.96. The molecule has 1 heterocycles. The molecule has 0 saturated carbocycles. The molecule has 2 rings (SSSR count). The number of aromatic nitrogens is 1. The molecule has 22 heavy (non-hydrogen) atoms. The van der Waals surface area contributed by atoms with Crippen molar-refractivity contribution in [2.75, 3.05) is 25.6 Å². The molecule has 120 valence electrons. The first kappa shape index (κ1) is 16.7. The van der Waals surface area contributed by atoms with Crippen molar-refractivity contribution >= 4 is 18.9 Å². The summed E-state index contributed by atoms with van der Waals surface area (Å²) in [5.41, 5.74) is 0.640. The number of halogens is 1. The lowest BCUT2D eigenvalue weighted by Gasteiger charge is -2.14. The van der Waals surface area contributed by atoms with Gasteiger partial charge in [0.05, 0.1) is 13.2 Å². The van der Waals surface area contributed by atoms with Crippen molar-refractivity contribution in [3.05, 3.63) is 30.1 Å². The number of oxazole rings is 1. The van der Waals surface area contributed by atoms with Gasteiger partial charge in [0.2, 0.25) is 17.2 Å². The molecule has 0 radical (unpaired) electrons. The Kier molecular flexibility index (Phi) is 5.34. The molecule has 0 amide bonds. The van der Waals surface area contributed by atoms with E-state index in [4.69, 9.17) is 13.5 Å². The van der Waals surface area contributed by atoms with E-state index in [1.807, 2.05) is 0 Å². The van der Waals surface area contributed by atoms with Crippen molar-refractivity contribution in [3.63, 3.8) is 0 Å². The highest BCUT2D eigenvalue weighted by atomic mass is 31.2. The van der Waals surface area contributed by atoms with Gasteiger partial charge < -0.3 is 18.8 Å². The summed E-state index contributed by atoms with van der Waals surface area (Å²) in [5.74, 6) is 0.0437. The fraction of sp³-hybridized carbons (Fsp3) is 0.357. The Morgan fingerprint density at radius 1 is 1.23 bits per heavy atom. The summed E-state index contributed by atoms with van der Waals surface area (Å²) in [6, 6.07) is 5.64. The summed E-state index contributed by atoms with van der Waals surface area (Å²) >= 11 is 0. The molecule has 1 aromatic heterocycles. The molecule has 8 heteroatoms. The van der Waals surface area contributed by atoms with Crippen LogP contribution in [-0.4, -0.2) is 25.2 Å². The van der Waals surface area contributed by atoms with E-state index in [0.717, 1.165) is 0 Å². The highest BCUT2D eigenvalue weighted by molar-refractivity contribution is 7.62. The van der Waals surface area contributed by atoms with E-state index in [0.29, 0.717) is 5.56 Å². The van der Waals surface area contributed by atoms with Crippen LogP contribution in [0.3, 0.4) is 0 Å². The maximum absolute atomic E-state index is 13.0. The van der Waals surface area contributed by atoms with Crippen molar-refractivity contribution in [1.29, 1.82) is 0 Å². The lowest BCUT2D eigenvalue weighted by Crippen LogP contribution is -2.15. The SMILES string of the molecule is CCOP(=O)(OCC)c1nc(-c2ccc(F)cc2)oc1NC. The number of hydrogen-bond acceptors (Lipinski definition) is 6. The van der Waals surface area contributed by atoms with Gasteiger partial charge in [-0.25, -0.2) is 4.39 Å². The quantitative estimate of drug-likeness (QED) is 0.785. The zero-order chi connectivity index (χ0) is 16.2. The van der Waals surface area contributed by atoms with Crippen molar-refractivity contribution < 1.29 is 22.4 Å². The lowest BCUT2D eigenvalue weighted by molar-refractivity contribution is 0.229. The maximum Gasteiger partial charge on any atom is 0.385 e. The summed E-state index contributed by atoms with van der Waals surface area (Å²) in [6.45, 7) is 3.84. The molecule has 0 bridgehead atoms. The van der Waals surface area contributed by atoms with Gasteiger partial charge in [-0.3, -0.25) is 4.57 Å². The fourth-order valence-corrected chi connectivity index (χ4v) is 3.49. The Labute approximate surface area is 128 Å². The van der Waals surface area contributed by atoms with Gasteiger partial charge in [-0.05, 0) is 38.1 Å². The minimum atomic E-state index is -3.58. The van der Waals surface area contributed by atoms with Gasteiger partial charge in [-0.1, -0.05) is 0 Å². The van der Waals surface area contributed by atoms with Crippen LogP contribution >= 0.6 is 7.60 Å². The molecule has 0 aliphatic carbocycles. The van der Waals surface area contributed by atoms with Crippen LogP contribution in [0.15, 0.2) is 28.7 Å². The molecular formula is C14H18FN2O4P. The predicted octanol–water partition coefficient (Wildman–Crippen LogP) is 3.41. The van der Waals surface area contributed by atoms with Crippen molar-refractivity contribution in [3.8, 4) is 11.5 Å². The maximum atomic E-state index is 13.0. The standard InChI is InChI=1S/C14H18FN2O4P/c1-4-19-22(18,20-5-2)14-13(16-3)21-12(17-14)10-6-8-11(15)9-7-10/h6-9,16H,4-5H2,1-3H3. The van der Waals surface area contributed by atoms with Crippen LogP contribution in [0.4, 0.5) is 10.3 Å². The Bertz CT molecular complexity index is 662. The Morgan fingerprint density at radius 3 is 2.32 bits per heavy atom. The molecule has 1 aromatic carbocycles. The van der Waals surface area contributed by atoms with Crippen LogP contribution in [0.2, 0.25) is 0 Å². The van der Waals surface area contributed by atoms with E-state index in [2.05, 4.69) is 10.3 Å². The smallest absolute Gasteiger partial charge is 0.385 e. The van der Waals surface area contributed by atoms with Gasteiger partial charge in [0.1, 0.15) is 5.82 Å². The van der Waals surface area contributed by atoms with E-state index in [1.54, 1.807) is 20.9 Å². The molecule has 0 unspecified atom stereocenters. The molecule has 0 spiro atoms. The molecule has 0 fully saturated rings. The van der Waals surface area contributed by atoms with Gasteiger partial charge in [0.25, 0.3) is 0 Å². The van der Waals surface area contributed by atoms with Crippen LogP contribution < -0.4 is 10.8 Å². The van der Waals surface area contributed by atoms with E-state index in [1.165, 1.54) is 24.3 Å². The first-order chi connectivity index (χ1) is 10.5. The van der Waals surface area contributed by atoms with E-state index in [-0.39, 0.29) is 36.2 Å². The van der Waals surface area contributed by atoms with Gasteiger partial charge in [0, 0.05) is 12.6 Å². The van der Waals surface area contributed by atoms with Crippen LogP contribution in [0, 0.1) is 5.82 Å². The number of rotatable bonds is 7. The molecule has 0 saturated heterocycles. The van der Waals surface area contributed by atoms with Gasteiger partial charge in [0.15, 0.2) is 0 Å². The minimum Gasteiger partial charge on any atom is -0.420 e. The Morgan fingerprint density at radius 2 is 1.82 bits per heavy atom. The normalized spacial score (nSPS) is 11.6. The molecule has 0 atom stereocenters. The molecule has 1 N–H and O–H groups in total. The predicted molar refractivity (Wildman–Crippen MR) is 81.9 cm³/mol. The Hall–Kier alpha value is -1.69. The second-order valence-electron chi connectivity index (χ2n) is 4.26. The van der Waals surface area contributed by atoms with Crippen molar-refractivity contribution in [2.45, 2.75) is 13.8 Å². The minimum absolute atomic E-state index is 0.0815. The lowest BCUT2D eigenvalue weighted by atomic mass is 10.2. The molecule has 0 aliphatic rings. The van der Waals surface area contributed by atoms with Gasteiger partial charge in [-0.15, -0.1) is 0 Å². The zero-order valence-electron chi connectivity index (χ0n) is 12.6. The number of anilines is 1. The monoisotopic (exact) mass is 328 g/mol. The number of benzene rings is 1. The second kappa shape index (κ2) is 7.05. The van der Waals surface area contributed by atoms with Crippen LogP contribution in [-0.2, 0) is 13.6 Å². The second-order valence-corrected chi connectivity index (χ2v) is 6.20. The molecular weight excluding hydrogens is 310 g/mol. The summed E-state index contributed by atoms with van der Waals surface area (Å²) in [5, 5.41) is 2.78. The largest absolute Gasteiger partial charge is 0.420 e. The third-order valence-electron chi connectivity index (χ3n) is 2.79.